The van der Waals surface area contributed by atoms with Crippen molar-refractivity contribution in [2.75, 3.05) is 6.79 Å². The van der Waals surface area contributed by atoms with Gasteiger partial charge in [-0.2, -0.15) is 0 Å². The van der Waals surface area contributed by atoms with Crippen molar-refractivity contribution in [1.82, 2.24) is 0 Å². The Morgan fingerprint density at radius 2 is 2.33 bits per heavy atom. The maximum Gasteiger partial charge on any atom is 0.231 e. The lowest BCUT2D eigenvalue weighted by Crippen LogP contribution is -1.95. The zero-order chi connectivity index (χ0) is 10.8. The van der Waals surface area contributed by atoms with E-state index >= 15 is 0 Å². The third-order valence-electron chi connectivity index (χ3n) is 2.22. The summed E-state index contributed by atoms with van der Waals surface area (Å²) in [5, 5.41) is 9.79. The SMILES string of the molecule is C=CCC(O)c1cc(Br)c2c(c1)OCO2. The number of rotatable bonds is 3. The summed E-state index contributed by atoms with van der Waals surface area (Å²) in [6.07, 6.45) is 1.66. The molecule has 1 unspecified atom stereocenters. The Hall–Kier alpha value is -1.00. The zero-order valence-corrected chi connectivity index (χ0v) is 9.66. The summed E-state index contributed by atoms with van der Waals surface area (Å²) in [5.74, 6) is 1.37. The molecule has 0 saturated heterocycles. The van der Waals surface area contributed by atoms with Crippen LogP contribution in [0.4, 0.5) is 0 Å². The van der Waals surface area contributed by atoms with Crippen LogP contribution in [0.25, 0.3) is 0 Å². The lowest BCUT2D eigenvalue weighted by atomic mass is 10.1. The normalized spacial score (nSPS) is 15.1. The molecule has 2 rings (SSSR count). The number of halogens is 1. The molecular weight excluding hydrogens is 260 g/mol. The first-order valence-electron chi connectivity index (χ1n) is 4.60. The molecule has 15 heavy (non-hydrogen) atoms. The average molecular weight is 271 g/mol. The minimum Gasteiger partial charge on any atom is -0.454 e. The Morgan fingerprint density at radius 1 is 1.53 bits per heavy atom. The van der Waals surface area contributed by atoms with Crippen molar-refractivity contribution >= 4 is 15.9 Å². The van der Waals surface area contributed by atoms with Crippen LogP contribution < -0.4 is 9.47 Å². The lowest BCUT2D eigenvalue weighted by molar-refractivity contribution is 0.172. The predicted octanol–water partition coefficient (Wildman–Crippen LogP) is 2.79. The monoisotopic (exact) mass is 270 g/mol. The number of hydrogen-bond donors (Lipinski definition) is 1. The molecule has 1 aliphatic heterocycles. The van der Waals surface area contributed by atoms with E-state index in [1.165, 1.54) is 0 Å². The van der Waals surface area contributed by atoms with Gasteiger partial charge >= 0.3 is 0 Å². The number of benzene rings is 1. The van der Waals surface area contributed by atoms with Gasteiger partial charge in [-0.1, -0.05) is 6.08 Å². The van der Waals surface area contributed by atoms with E-state index in [1.54, 1.807) is 12.1 Å². The Labute approximate surface area is 96.4 Å². The molecular formula is C11H11BrO3. The molecule has 0 aliphatic carbocycles. The van der Waals surface area contributed by atoms with Gasteiger partial charge in [0, 0.05) is 0 Å². The van der Waals surface area contributed by atoms with Gasteiger partial charge in [0.15, 0.2) is 11.5 Å². The first-order valence-corrected chi connectivity index (χ1v) is 5.39. The van der Waals surface area contributed by atoms with Gasteiger partial charge in [-0.25, -0.2) is 0 Å². The minimum atomic E-state index is -0.548. The second-order valence-electron chi connectivity index (χ2n) is 3.28. The topological polar surface area (TPSA) is 38.7 Å². The summed E-state index contributed by atoms with van der Waals surface area (Å²) in [5.41, 5.74) is 0.797. The van der Waals surface area contributed by atoms with Crippen molar-refractivity contribution in [3.63, 3.8) is 0 Å². The Kier molecular flexibility index (Phi) is 2.98. The van der Waals surface area contributed by atoms with Gasteiger partial charge in [-0.15, -0.1) is 6.58 Å². The number of aliphatic hydroxyl groups is 1. The predicted molar refractivity (Wildman–Crippen MR) is 60.0 cm³/mol. The molecule has 0 fully saturated rings. The maximum absolute atomic E-state index is 9.79. The molecule has 1 N–H and O–H groups in total. The van der Waals surface area contributed by atoms with Crippen molar-refractivity contribution in [1.29, 1.82) is 0 Å². The van der Waals surface area contributed by atoms with E-state index < -0.39 is 6.10 Å². The van der Waals surface area contributed by atoms with Crippen LogP contribution in [-0.4, -0.2) is 11.9 Å². The Morgan fingerprint density at radius 3 is 3.07 bits per heavy atom. The van der Waals surface area contributed by atoms with E-state index in [0.717, 1.165) is 10.0 Å². The van der Waals surface area contributed by atoms with Crippen molar-refractivity contribution in [2.45, 2.75) is 12.5 Å². The van der Waals surface area contributed by atoms with E-state index in [9.17, 15) is 5.11 Å². The highest BCUT2D eigenvalue weighted by molar-refractivity contribution is 9.10. The summed E-state index contributed by atoms with van der Waals surface area (Å²) in [4.78, 5) is 0. The van der Waals surface area contributed by atoms with Crippen LogP contribution in [-0.2, 0) is 0 Å². The van der Waals surface area contributed by atoms with E-state index in [1.807, 2.05) is 6.07 Å². The van der Waals surface area contributed by atoms with Crippen LogP contribution in [0.15, 0.2) is 29.3 Å². The van der Waals surface area contributed by atoms with E-state index in [-0.39, 0.29) is 6.79 Å². The highest BCUT2D eigenvalue weighted by Crippen LogP contribution is 2.41. The maximum atomic E-state index is 9.79. The van der Waals surface area contributed by atoms with E-state index in [2.05, 4.69) is 22.5 Å². The van der Waals surface area contributed by atoms with Crippen LogP contribution in [0.2, 0.25) is 0 Å². The molecule has 0 bridgehead atoms. The molecule has 80 valence electrons. The third-order valence-corrected chi connectivity index (χ3v) is 2.81. The van der Waals surface area contributed by atoms with Crippen LogP contribution in [0, 0.1) is 0 Å². The second kappa shape index (κ2) is 4.24. The van der Waals surface area contributed by atoms with Gasteiger partial charge in [-0.3, -0.25) is 0 Å². The van der Waals surface area contributed by atoms with Crippen LogP contribution >= 0.6 is 15.9 Å². The molecule has 4 heteroatoms. The zero-order valence-electron chi connectivity index (χ0n) is 8.07. The highest BCUT2D eigenvalue weighted by atomic mass is 79.9. The van der Waals surface area contributed by atoms with Gasteiger partial charge in [0.05, 0.1) is 10.6 Å². The summed E-state index contributed by atoms with van der Waals surface area (Å²) in [7, 11) is 0. The van der Waals surface area contributed by atoms with Crippen LogP contribution in [0.5, 0.6) is 11.5 Å². The van der Waals surface area contributed by atoms with Gasteiger partial charge < -0.3 is 14.6 Å². The molecule has 1 aromatic rings. The largest absolute Gasteiger partial charge is 0.454 e. The number of ether oxygens (including phenoxy) is 2. The molecule has 0 spiro atoms. The number of hydrogen-bond acceptors (Lipinski definition) is 3. The molecule has 0 aromatic heterocycles. The summed E-state index contributed by atoms with van der Waals surface area (Å²) < 4.78 is 11.3. The lowest BCUT2D eigenvalue weighted by Gasteiger charge is -2.10. The number of aliphatic hydroxyl groups excluding tert-OH is 1. The Bertz CT molecular complexity index is 390. The van der Waals surface area contributed by atoms with Crippen LogP contribution in [0.1, 0.15) is 18.1 Å². The first kappa shape index (κ1) is 10.5. The van der Waals surface area contributed by atoms with Crippen molar-refractivity contribution in [3.8, 4) is 11.5 Å². The van der Waals surface area contributed by atoms with Gasteiger partial charge in [0.2, 0.25) is 6.79 Å². The van der Waals surface area contributed by atoms with Crippen molar-refractivity contribution < 1.29 is 14.6 Å². The molecule has 0 saturated carbocycles. The molecule has 1 aliphatic rings. The third kappa shape index (κ3) is 2.01. The number of fused-ring (bicyclic) bond motifs is 1. The summed E-state index contributed by atoms with van der Waals surface area (Å²) >= 11 is 3.38. The highest BCUT2D eigenvalue weighted by Gasteiger charge is 2.19. The van der Waals surface area contributed by atoms with Gasteiger partial charge in [0.25, 0.3) is 0 Å². The van der Waals surface area contributed by atoms with E-state index in [0.29, 0.717) is 17.9 Å². The minimum absolute atomic E-state index is 0.231. The molecule has 1 heterocycles. The van der Waals surface area contributed by atoms with Crippen molar-refractivity contribution in [2.24, 2.45) is 0 Å². The fraction of sp³-hybridized carbons (Fsp3) is 0.273. The standard InChI is InChI=1S/C11H11BrO3/c1-2-3-9(13)7-4-8(12)11-10(5-7)14-6-15-11/h2,4-5,9,13H,1,3,6H2. The summed E-state index contributed by atoms with van der Waals surface area (Å²) in [6.45, 7) is 3.82. The molecule has 0 radical (unpaired) electrons. The summed E-state index contributed by atoms with van der Waals surface area (Å²) in [6, 6.07) is 3.63. The smallest absolute Gasteiger partial charge is 0.231 e. The van der Waals surface area contributed by atoms with Crippen LogP contribution in [0.3, 0.4) is 0 Å². The fourth-order valence-corrected chi connectivity index (χ4v) is 2.05. The van der Waals surface area contributed by atoms with E-state index in [4.69, 9.17) is 9.47 Å². The molecule has 1 atom stereocenters. The Balaban J connectivity index is 2.34. The van der Waals surface area contributed by atoms with Crippen molar-refractivity contribution in [3.05, 3.63) is 34.8 Å². The molecule has 0 amide bonds. The molecule has 1 aromatic carbocycles. The quantitative estimate of drug-likeness (QED) is 0.859. The van der Waals surface area contributed by atoms with Gasteiger partial charge in [-0.05, 0) is 40.0 Å². The molecule has 3 nitrogen and oxygen atoms in total. The average Bonchev–Trinajstić information content (AvgIpc) is 2.66. The van der Waals surface area contributed by atoms with Gasteiger partial charge in [0.1, 0.15) is 0 Å². The first-order chi connectivity index (χ1) is 7.22. The fourth-order valence-electron chi connectivity index (χ4n) is 1.47. The second-order valence-corrected chi connectivity index (χ2v) is 4.13.